The quantitative estimate of drug-likeness (QED) is 0.247. The Morgan fingerprint density at radius 1 is 1.02 bits per heavy atom. The van der Waals surface area contributed by atoms with Crippen LogP contribution < -0.4 is 9.47 Å². The van der Waals surface area contributed by atoms with Crippen LogP contribution in [0.1, 0.15) is 41.1 Å². The molecule has 1 fully saturated rings. The first-order chi connectivity index (χ1) is 21.0. The van der Waals surface area contributed by atoms with E-state index in [4.69, 9.17) is 24.5 Å². The molecular weight excluding hydrogens is 542 g/mol. The first kappa shape index (κ1) is 26.9. The van der Waals surface area contributed by atoms with E-state index in [0.717, 1.165) is 76.2 Å². The van der Waals surface area contributed by atoms with E-state index < -0.39 is 6.09 Å². The number of hydrogen-bond acceptors (Lipinski definition) is 6. The predicted octanol–water partition coefficient (Wildman–Crippen LogP) is 6.18. The van der Waals surface area contributed by atoms with Gasteiger partial charge in [-0.05, 0) is 66.6 Å². The van der Waals surface area contributed by atoms with E-state index in [0.29, 0.717) is 25.4 Å². The molecule has 2 aromatic carbocycles. The molecule has 4 heterocycles. The predicted molar refractivity (Wildman–Crippen MR) is 164 cm³/mol. The maximum absolute atomic E-state index is 11.4. The monoisotopic (exact) mass is 575 g/mol. The molecule has 1 saturated heterocycles. The Labute approximate surface area is 249 Å². The lowest BCUT2D eigenvalue weighted by atomic mass is 9.99. The molecule has 5 aromatic rings. The van der Waals surface area contributed by atoms with Gasteiger partial charge in [-0.15, -0.1) is 0 Å². The Hall–Kier alpha value is -4.92. The zero-order valence-corrected chi connectivity index (χ0v) is 24.3. The van der Waals surface area contributed by atoms with Gasteiger partial charge in [-0.1, -0.05) is 30.3 Å². The number of carboxylic acid groups (broad SMARTS) is 1. The van der Waals surface area contributed by atoms with E-state index in [9.17, 15) is 9.90 Å². The van der Waals surface area contributed by atoms with Crippen molar-refractivity contribution in [2.24, 2.45) is 0 Å². The molecule has 9 heteroatoms. The molecular formula is C34H33N5O4. The Morgan fingerprint density at radius 2 is 1.88 bits per heavy atom. The summed E-state index contributed by atoms with van der Waals surface area (Å²) < 4.78 is 13.3. The first-order valence-corrected chi connectivity index (χ1v) is 14.7. The summed E-state index contributed by atoms with van der Waals surface area (Å²) in [4.78, 5) is 22.9. The fourth-order valence-corrected chi connectivity index (χ4v) is 6.45. The van der Waals surface area contributed by atoms with Crippen molar-refractivity contribution in [2.75, 3.05) is 27.3 Å². The summed E-state index contributed by atoms with van der Waals surface area (Å²) in [6, 6.07) is 20.5. The number of ether oxygens (including phenoxy) is 2. The van der Waals surface area contributed by atoms with Crippen LogP contribution in [-0.2, 0) is 19.4 Å². The molecule has 1 N–H and O–H groups in total. The lowest BCUT2D eigenvalue weighted by Gasteiger charge is -2.13. The van der Waals surface area contributed by atoms with Crippen LogP contribution in [0.4, 0.5) is 4.79 Å². The number of methoxy groups -OCH3 is 2. The summed E-state index contributed by atoms with van der Waals surface area (Å²) in [5.74, 6) is 1.61. The summed E-state index contributed by atoms with van der Waals surface area (Å²) in [6.07, 6.45) is 4.99. The average molecular weight is 576 g/mol. The number of hydrogen-bond donors (Lipinski definition) is 1. The SMILES string of the molecule is COc1ccc(Cn2nc(-c3ccc(C4CCN(C(=O)O)C4)nc3)c3nc(-c4cccc5c4CCC5)c(OC)cc32)cc1. The fraction of sp³-hybridized carbons (Fsp3) is 0.294. The second-order valence-electron chi connectivity index (χ2n) is 11.2. The van der Waals surface area contributed by atoms with Gasteiger partial charge in [0.25, 0.3) is 0 Å². The average Bonchev–Trinajstić information content (AvgIpc) is 3.80. The van der Waals surface area contributed by atoms with E-state index in [1.165, 1.54) is 16.0 Å². The van der Waals surface area contributed by atoms with Crippen molar-refractivity contribution in [3.63, 3.8) is 0 Å². The Kier molecular flexibility index (Phi) is 6.93. The third kappa shape index (κ3) is 4.94. The minimum absolute atomic E-state index is 0.0867. The van der Waals surface area contributed by atoms with E-state index in [2.05, 4.69) is 18.2 Å². The van der Waals surface area contributed by atoms with Gasteiger partial charge >= 0.3 is 6.09 Å². The topological polar surface area (TPSA) is 103 Å². The summed E-state index contributed by atoms with van der Waals surface area (Å²) in [6.45, 7) is 1.54. The fourth-order valence-electron chi connectivity index (χ4n) is 6.45. The van der Waals surface area contributed by atoms with Gasteiger partial charge in [0.05, 0.1) is 26.3 Å². The molecule has 0 spiro atoms. The number of amides is 1. The van der Waals surface area contributed by atoms with E-state index in [-0.39, 0.29) is 5.92 Å². The largest absolute Gasteiger partial charge is 0.497 e. The van der Waals surface area contributed by atoms with Gasteiger partial charge in [0.15, 0.2) is 0 Å². The summed E-state index contributed by atoms with van der Waals surface area (Å²) in [5, 5.41) is 14.5. The molecule has 43 heavy (non-hydrogen) atoms. The lowest BCUT2D eigenvalue weighted by Crippen LogP contribution is -2.26. The van der Waals surface area contributed by atoms with Crippen LogP contribution in [0.3, 0.4) is 0 Å². The molecule has 1 aliphatic carbocycles. The summed E-state index contributed by atoms with van der Waals surface area (Å²) >= 11 is 0. The molecule has 0 bridgehead atoms. The highest BCUT2D eigenvalue weighted by atomic mass is 16.5. The smallest absolute Gasteiger partial charge is 0.407 e. The van der Waals surface area contributed by atoms with Crippen LogP contribution in [0.2, 0.25) is 0 Å². The van der Waals surface area contributed by atoms with Crippen molar-refractivity contribution < 1.29 is 19.4 Å². The van der Waals surface area contributed by atoms with Crippen molar-refractivity contribution >= 4 is 17.1 Å². The molecule has 0 saturated carbocycles. The van der Waals surface area contributed by atoms with Crippen LogP contribution in [0, 0.1) is 0 Å². The summed E-state index contributed by atoms with van der Waals surface area (Å²) in [5.41, 5.74) is 9.90. The molecule has 1 atom stereocenters. The number of pyridine rings is 2. The van der Waals surface area contributed by atoms with Gasteiger partial charge in [0, 0.05) is 48.1 Å². The number of likely N-dealkylation sites (tertiary alicyclic amines) is 1. The van der Waals surface area contributed by atoms with Crippen LogP contribution in [-0.4, -0.2) is 63.2 Å². The van der Waals surface area contributed by atoms with Gasteiger partial charge in [-0.25, -0.2) is 9.78 Å². The van der Waals surface area contributed by atoms with Crippen molar-refractivity contribution in [1.29, 1.82) is 0 Å². The minimum atomic E-state index is -0.880. The van der Waals surface area contributed by atoms with Crippen molar-refractivity contribution in [2.45, 2.75) is 38.1 Å². The second kappa shape index (κ2) is 11.1. The van der Waals surface area contributed by atoms with Crippen molar-refractivity contribution in [1.82, 2.24) is 24.6 Å². The molecule has 1 amide bonds. The van der Waals surface area contributed by atoms with Gasteiger partial charge in [0.2, 0.25) is 0 Å². The zero-order valence-electron chi connectivity index (χ0n) is 24.3. The number of nitrogens with zero attached hydrogens (tertiary/aromatic N) is 5. The highest BCUT2D eigenvalue weighted by Crippen LogP contribution is 2.39. The summed E-state index contributed by atoms with van der Waals surface area (Å²) in [7, 11) is 3.35. The first-order valence-electron chi connectivity index (χ1n) is 14.7. The standard InChI is InChI=1S/C34H33N5O4/c1-42-25-12-9-21(10-13-25)19-39-29-17-30(43-2)32(27-8-4-6-22-5-3-7-26(22)27)36-33(29)31(37-39)23-11-14-28(35-18-23)24-15-16-38(20-24)34(40)41/h4,6,8-14,17-18,24H,3,5,7,15-16,19-20H2,1-2H3,(H,40,41). The van der Waals surface area contributed by atoms with Gasteiger partial charge < -0.3 is 19.5 Å². The maximum atomic E-state index is 11.4. The molecule has 218 valence electrons. The maximum Gasteiger partial charge on any atom is 0.407 e. The molecule has 0 radical (unpaired) electrons. The number of aromatic nitrogens is 4. The number of rotatable bonds is 7. The number of benzene rings is 2. The Bertz CT molecular complexity index is 1810. The molecule has 1 unspecified atom stereocenters. The normalized spacial score (nSPS) is 16.0. The van der Waals surface area contributed by atoms with Gasteiger partial charge in [0.1, 0.15) is 28.4 Å². The third-order valence-electron chi connectivity index (χ3n) is 8.74. The molecule has 1 aliphatic heterocycles. The Morgan fingerprint density at radius 3 is 2.60 bits per heavy atom. The molecule has 7 rings (SSSR count). The van der Waals surface area contributed by atoms with Crippen molar-refractivity contribution in [3.05, 3.63) is 89.2 Å². The number of carbonyl (C=O) groups is 1. The third-order valence-corrected chi connectivity index (χ3v) is 8.74. The Balaban J connectivity index is 1.33. The zero-order chi connectivity index (χ0) is 29.5. The van der Waals surface area contributed by atoms with Gasteiger partial charge in [-0.2, -0.15) is 5.10 Å². The van der Waals surface area contributed by atoms with E-state index in [1.807, 2.05) is 53.3 Å². The van der Waals surface area contributed by atoms with E-state index in [1.54, 1.807) is 14.2 Å². The molecule has 2 aliphatic rings. The molecule has 9 nitrogen and oxygen atoms in total. The van der Waals surface area contributed by atoms with Crippen LogP contribution in [0.25, 0.3) is 33.5 Å². The van der Waals surface area contributed by atoms with Gasteiger partial charge in [-0.3, -0.25) is 9.67 Å². The van der Waals surface area contributed by atoms with E-state index >= 15 is 0 Å². The highest BCUT2D eigenvalue weighted by molar-refractivity contribution is 5.93. The van der Waals surface area contributed by atoms with Crippen LogP contribution in [0.5, 0.6) is 11.5 Å². The van der Waals surface area contributed by atoms with Crippen molar-refractivity contribution in [3.8, 4) is 34.0 Å². The lowest BCUT2D eigenvalue weighted by molar-refractivity contribution is 0.155. The van der Waals surface area contributed by atoms with Crippen LogP contribution in [0.15, 0.2) is 66.9 Å². The number of aryl methyl sites for hydroxylation is 1. The number of fused-ring (bicyclic) bond motifs is 2. The van der Waals surface area contributed by atoms with Crippen LogP contribution >= 0.6 is 0 Å². The minimum Gasteiger partial charge on any atom is -0.497 e. The highest BCUT2D eigenvalue weighted by Gasteiger charge is 2.28. The molecule has 3 aromatic heterocycles. The second-order valence-corrected chi connectivity index (χ2v) is 11.2.